The van der Waals surface area contributed by atoms with E-state index >= 15 is 0 Å². The minimum Gasteiger partial charge on any atom is -0.391 e. The molecular formula is C62H126N2O6P+. The van der Waals surface area contributed by atoms with Crippen molar-refractivity contribution in [2.24, 2.45) is 0 Å². The highest BCUT2D eigenvalue weighted by Gasteiger charge is 2.28. The normalized spacial score (nSPS) is 13.8. The van der Waals surface area contributed by atoms with E-state index in [0.29, 0.717) is 23.9 Å². The van der Waals surface area contributed by atoms with Crippen molar-refractivity contribution >= 4 is 13.7 Å². The first-order valence-electron chi connectivity index (χ1n) is 31.6. The van der Waals surface area contributed by atoms with Gasteiger partial charge in [0, 0.05) is 6.42 Å². The summed E-state index contributed by atoms with van der Waals surface area (Å²) in [6.45, 7) is 4.94. The van der Waals surface area contributed by atoms with Gasteiger partial charge in [0.25, 0.3) is 0 Å². The number of nitrogens with one attached hydrogen (secondary N) is 1. The molecule has 0 aliphatic rings. The number of carbonyl (C=O) groups excluding carboxylic acids is 1. The van der Waals surface area contributed by atoms with E-state index in [-0.39, 0.29) is 19.1 Å². The molecule has 0 spiro atoms. The van der Waals surface area contributed by atoms with Crippen LogP contribution in [0.3, 0.4) is 0 Å². The van der Waals surface area contributed by atoms with Gasteiger partial charge in [-0.15, -0.1) is 0 Å². The summed E-state index contributed by atoms with van der Waals surface area (Å²) in [6.07, 6.45) is 67.1. The van der Waals surface area contributed by atoms with Gasteiger partial charge in [-0.05, 0) is 38.5 Å². The zero-order valence-corrected chi connectivity index (χ0v) is 49.4. The Kier molecular flexibility index (Phi) is 53.5. The molecule has 0 fully saturated rings. The van der Waals surface area contributed by atoms with E-state index in [4.69, 9.17) is 9.05 Å². The topological polar surface area (TPSA) is 105 Å². The van der Waals surface area contributed by atoms with E-state index in [1.165, 1.54) is 263 Å². The van der Waals surface area contributed by atoms with Crippen molar-refractivity contribution in [1.82, 2.24) is 5.32 Å². The summed E-state index contributed by atoms with van der Waals surface area (Å²) in [6, 6.07) is -0.757. The number of likely N-dealkylation sites (N-methyl/N-ethyl adjacent to an activating group) is 1. The number of aliphatic hydroxyl groups excluding tert-OH is 1. The van der Waals surface area contributed by atoms with Crippen LogP contribution >= 0.6 is 7.82 Å². The summed E-state index contributed by atoms with van der Waals surface area (Å²) in [5.41, 5.74) is 0. The number of amides is 1. The highest BCUT2D eigenvalue weighted by molar-refractivity contribution is 7.47. The molecule has 0 radical (unpaired) electrons. The first kappa shape index (κ1) is 70.2. The number of phosphoric acid groups is 1. The number of hydrogen-bond acceptors (Lipinski definition) is 5. The number of quaternary nitrogens is 1. The van der Waals surface area contributed by atoms with Crippen LogP contribution in [-0.4, -0.2) is 73.4 Å². The SMILES string of the molecule is CCCCCCCCCC/C=C\CCCCCCCCCCCCCCCCCCCC(=O)NC(COP(=O)(O)OCC[N+](C)(C)C)C(O)CCCCCCCCCCCCCCCCCCCCCC. The van der Waals surface area contributed by atoms with Gasteiger partial charge >= 0.3 is 7.82 Å². The van der Waals surface area contributed by atoms with Crippen LogP contribution in [0.4, 0.5) is 0 Å². The maximum Gasteiger partial charge on any atom is 0.472 e. The first-order chi connectivity index (χ1) is 34.5. The van der Waals surface area contributed by atoms with Crippen molar-refractivity contribution < 1.29 is 32.9 Å². The van der Waals surface area contributed by atoms with Crippen LogP contribution in [0.25, 0.3) is 0 Å². The Morgan fingerprint density at radius 2 is 0.761 bits per heavy atom. The Balaban J connectivity index is 4.04. The van der Waals surface area contributed by atoms with Gasteiger partial charge in [0.2, 0.25) is 5.91 Å². The van der Waals surface area contributed by atoms with E-state index < -0.39 is 20.0 Å². The predicted molar refractivity (Wildman–Crippen MR) is 309 cm³/mol. The first-order valence-corrected chi connectivity index (χ1v) is 33.0. The summed E-state index contributed by atoms with van der Waals surface area (Å²) in [7, 11) is 1.63. The van der Waals surface area contributed by atoms with Crippen molar-refractivity contribution in [3.8, 4) is 0 Å². The van der Waals surface area contributed by atoms with Gasteiger partial charge in [0.1, 0.15) is 13.2 Å². The number of nitrogens with zero attached hydrogens (tertiary/aromatic N) is 1. The zero-order valence-electron chi connectivity index (χ0n) is 48.5. The zero-order chi connectivity index (χ0) is 52.0. The smallest absolute Gasteiger partial charge is 0.391 e. The number of hydrogen-bond donors (Lipinski definition) is 3. The lowest BCUT2D eigenvalue weighted by Gasteiger charge is -2.26. The molecule has 0 rings (SSSR count). The molecule has 0 aromatic rings. The summed E-state index contributed by atoms with van der Waals surface area (Å²) in [5, 5.41) is 14.1. The highest BCUT2D eigenvalue weighted by atomic mass is 31.2. The molecule has 0 heterocycles. The van der Waals surface area contributed by atoms with Gasteiger partial charge in [0.05, 0.1) is 39.9 Å². The van der Waals surface area contributed by atoms with Crippen molar-refractivity contribution in [3.05, 3.63) is 12.2 Å². The van der Waals surface area contributed by atoms with Gasteiger partial charge in [-0.25, -0.2) is 4.57 Å². The fourth-order valence-corrected chi connectivity index (χ4v) is 10.5. The largest absolute Gasteiger partial charge is 0.472 e. The molecule has 3 N–H and O–H groups in total. The summed E-state index contributed by atoms with van der Waals surface area (Å²) >= 11 is 0. The van der Waals surface area contributed by atoms with E-state index in [1.54, 1.807) is 0 Å². The molecule has 3 atom stereocenters. The van der Waals surface area contributed by atoms with E-state index in [2.05, 4.69) is 31.3 Å². The molecule has 0 aromatic carbocycles. The average molecular weight is 1030 g/mol. The Morgan fingerprint density at radius 1 is 0.465 bits per heavy atom. The Hall–Kier alpha value is -0.760. The van der Waals surface area contributed by atoms with Crippen LogP contribution in [0.1, 0.15) is 328 Å². The molecule has 0 bridgehead atoms. The van der Waals surface area contributed by atoms with Crippen LogP contribution in [0.15, 0.2) is 12.2 Å². The van der Waals surface area contributed by atoms with Crippen molar-refractivity contribution in [2.45, 2.75) is 341 Å². The van der Waals surface area contributed by atoms with E-state index in [9.17, 15) is 19.4 Å². The van der Waals surface area contributed by atoms with Crippen LogP contribution in [0.2, 0.25) is 0 Å². The Bertz CT molecular complexity index is 1160. The predicted octanol–water partition coefficient (Wildman–Crippen LogP) is 19.4. The fraction of sp³-hybridized carbons (Fsp3) is 0.952. The molecule has 0 saturated heterocycles. The van der Waals surface area contributed by atoms with E-state index in [0.717, 1.165) is 38.5 Å². The number of unbranched alkanes of at least 4 members (excludes halogenated alkanes) is 44. The lowest BCUT2D eigenvalue weighted by molar-refractivity contribution is -0.870. The van der Waals surface area contributed by atoms with Crippen molar-refractivity contribution in [2.75, 3.05) is 40.9 Å². The molecule has 0 aromatic heterocycles. The van der Waals surface area contributed by atoms with Crippen molar-refractivity contribution in [1.29, 1.82) is 0 Å². The number of carbonyl (C=O) groups is 1. The number of aliphatic hydroxyl groups is 1. The van der Waals surface area contributed by atoms with Gasteiger partial charge in [-0.2, -0.15) is 0 Å². The van der Waals surface area contributed by atoms with Crippen molar-refractivity contribution in [3.63, 3.8) is 0 Å². The van der Waals surface area contributed by atoms with Gasteiger partial charge < -0.3 is 19.8 Å². The summed E-state index contributed by atoms with van der Waals surface area (Å²) < 4.78 is 23.8. The Labute approximate surface area is 443 Å². The molecule has 0 saturated carbocycles. The monoisotopic (exact) mass is 1030 g/mol. The average Bonchev–Trinajstić information content (AvgIpc) is 3.33. The van der Waals surface area contributed by atoms with Crippen LogP contribution in [0, 0.1) is 0 Å². The minimum absolute atomic E-state index is 0.0781. The standard InChI is InChI=1S/C62H125N2O6P/c1-6-8-10-12-14-16-18-20-22-24-26-28-29-30-31-32-33-34-35-36-38-40-42-44-46-48-50-52-54-56-62(66)63-60(59-70-71(67,68)69-58-57-64(3,4)5)61(65)55-53-51-49-47-45-43-41-39-37-27-25-23-21-19-17-15-13-11-9-7-2/h24,26,60-61,65H,6-23,25,27-59H2,1-5H3,(H-,63,66,67,68)/p+1/b26-24-. The van der Waals surface area contributed by atoms with E-state index in [1.807, 2.05) is 21.1 Å². The molecule has 1 amide bonds. The maximum absolute atomic E-state index is 13.0. The van der Waals surface area contributed by atoms with Crippen LogP contribution in [0.5, 0.6) is 0 Å². The highest BCUT2D eigenvalue weighted by Crippen LogP contribution is 2.43. The second kappa shape index (κ2) is 54.0. The molecule has 8 nitrogen and oxygen atoms in total. The third-order valence-corrected chi connectivity index (χ3v) is 15.7. The lowest BCUT2D eigenvalue weighted by Crippen LogP contribution is -2.46. The number of rotatable bonds is 59. The maximum atomic E-state index is 13.0. The molecular weight excluding hydrogens is 900 g/mol. The molecule has 71 heavy (non-hydrogen) atoms. The van der Waals surface area contributed by atoms with Crippen LogP contribution < -0.4 is 5.32 Å². The summed E-state index contributed by atoms with van der Waals surface area (Å²) in [5.74, 6) is -0.137. The molecule has 3 unspecified atom stereocenters. The summed E-state index contributed by atoms with van der Waals surface area (Å²) in [4.78, 5) is 23.4. The molecule has 9 heteroatoms. The third-order valence-electron chi connectivity index (χ3n) is 14.8. The molecule has 0 aliphatic carbocycles. The fourth-order valence-electron chi connectivity index (χ4n) is 9.81. The van der Waals surface area contributed by atoms with Gasteiger partial charge in [-0.3, -0.25) is 13.8 Å². The molecule has 424 valence electrons. The third kappa shape index (κ3) is 56.8. The number of phosphoric ester groups is 1. The quantitative estimate of drug-likeness (QED) is 0.0243. The number of allylic oxidation sites excluding steroid dienone is 2. The minimum atomic E-state index is -4.32. The molecule has 0 aliphatic heterocycles. The Morgan fingerprint density at radius 3 is 1.08 bits per heavy atom. The van der Waals surface area contributed by atoms with Crippen LogP contribution in [-0.2, 0) is 18.4 Å². The van der Waals surface area contributed by atoms with Gasteiger partial charge in [-0.1, -0.05) is 296 Å². The second-order valence-corrected chi connectivity index (χ2v) is 24.6. The lowest BCUT2D eigenvalue weighted by atomic mass is 10.0. The van der Waals surface area contributed by atoms with Gasteiger partial charge in [0.15, 0.2) is 0 Å². The second-order valence-electron chi connectivity index (χ2n) is 23.1.